The van der Waals surface area contributed by atoms with Crippen LogP contribution in [0.25, 0.3) is 0 Å². The van der Waals surface area contributed by atoms with E-state index in [-0.39, 0.29) is 0 Å². The molecule has 0 aliphatic heterocycles. The molecule has 1 heterocycles. The van der Waals surface area contributed by atoms with Crippen LogP contribution in [0.5, 0.6) is 0 Å². The van der Waals surface area contributed by atoms with Gasteiger partial charge in [-0.05, 0) is 50.2 Å². The quantitative estimate of drug-likeness (QED) is 0.826. The maximum atomic E-state index is 5.98. The SMILES string of the molecule is CC(NC1CCC(C)C(C)C1)c1ccc(Cl)s1. The van der Waals surface area contributed by atoms with Crippen molar-refractivity contribution in [3.63, 3.8) is 0 Å². The van der Waals surface area contributed by atoms with Gasteiger partial charge in [-0.3, -0.25) is 0 Å². The lowest BCUT2D eigenvalue weighted by Crippen LogP contribution is -2.37. The van der Waals surface area contributed by atoms with Crippen LogP contribution in [0.2, 0.25) is 4.34 Å². The first-order valence-electron chi connectivity index (χ1n) is 6.57. The lowest BCUT2D eigenvalue weighted by atomic mass is 9.79. The molecule has 0 radical (unpaired) electrons. The lowest BCUT2D eigenvalue weighted by Gasteiger charge is -2.34. The standard InChI is InChI=1S/C14H22ClNS/c1-9-4-5-12(8-10(9)2)16-11(3)13-6-7-14(15)17-13/h6-7,9-12,16H,4-5,8H2,1-3H3. The highest BCUT2D eigenvalue weighted by atomic mass is 35.5. The Morgan fingerprint density at radius 1 is 1.29 bits per heavy atom. The van der Waals surface area contributed by atoms with Gasteiger partial charge in [0.15, 0.2) is 0 Å². The molecule has 1 aliphatic carbocycles. The molecule has 4 atom stereocenters. The molecule has 0 spiro atoms. The number of halogens is 1. The largest absolute Gasteiger partial charge is 0.307 e. The molecule has 17 heavy (non-hydrogen) atoms. The van der Waals surface area contributed by atoms with E-state index >= 15 is 0 Å². The summed E-state index contributed by atoms with van der Waals surface area (Å²) < 4.78 is 0.888. The summed E-state index contributed by atoms with van der Waals surface area (Å²) in [4.78, 5) is 1.35. The fourth-order valence-electron chi connectivity index (χ4n) is 2.70. The molecule has 1 aromatic rings. The molecule has 4 unspecified atom stereocenters. The van der Waals surface area contributed by atoms with Gasteiger partial charge in [0.1, 0.15) is 0 Å². The minimum absolute atomic E-state index is 0.429. The van der Waals surface area contributed by atoms with Crippen LogP contribution in [-0.2, 0) is 0 Å². The zero-order valence-corrected chi connectivity index (χ0v) is 12.4. The van der Waals surface area contributed by atoms with Gasteiger partial charge in [0, 0.05) is 17.0 Å². The second-order valence-corrected chi connectivity index (χ2v) is 7.24. The van der Waals surface area contributed by atoms with Gasteiger partial charge in [-0.25, -0.2) is 0 Å². The fourth-order valence-corrected chi connectivity index (χ4v) is 3.77. The molecule has 0 amide bonds. The Kier molecular flexibility index (Phi) is 4.51. The van der Waals surface area contributed by atoms with Crippen LogP contribution in [-0.4, -0.2) is 6.04 Å². The predicted octanol–water partition coefficient (Wildman–Crippen LogP) is 4.88. The highest BCUT2D eigenvalue weighted by Crippen LogP contribution is 2.32. The van der Waals surface area contributed by atoms with E-state index in [1.54, 1.807) is 11.3 Å². The van der Waals surface area contributed by atoms with Crippen molar-refractivity contribution in [3.05, 3.63) is 21.3 Å². The smallest absolute Gasteiger partial charge is 0.0931 e. The molecule has 2 rings (SSSR count). The molecule has 1 N–H and O–H groups in total. The second kappa shape index (κ2) is 5.73. The third-order valence-electron chi connectivity index (χ3n) is 4.10. The Bertz CT molecular complexity index is 363. The maximum absolute atomic E-state index is 5.98. The van der Waals surface area contributed by atoms with Gasteiger partial charge in [-0.2, -0.15) is 0 Å². The molecule has 3 heteroatoms. The predicted molar refractivity (Wildman–Crippen MR) is 76.8 cm³/mol. The van der Waals surface area contributed by atoms with Crippen LogP contribution in [0.3, 0.4) is 0 Å². The Hall–Kier alpha value is -0.0500. The lowest BCUT2D eigenvalue weighted by molar-refractivity contribution is 0.218. The van der Waals surface area contributed by atoms with Crippen LogP contribution in [0.15, 0.2) is 12.1 Å². The zero-order valence-electron chi connectivity index (χ0n) is 10.9. The van der Waals surface area contributed by atoms with Crippen molar-refractivity contribution in [3.8, 4) is 0 Å². The van der Waals surface area contributed by atoms with Crippen LogP contribution in [0, 0.1) is 11.8 Å². The van der Waals surface area contributed by atoms with Crippen molar-refractivity contribution in [2.45, 2.75) is 52.1 Å². The number of hydrogen-bond donors (Lipinski definition) is 1. The van der Waals surface area contributed by atoms with Crippen molar-refractivity contribution in [1.29, 1.82) is 0 Å². The highest BCUT2D eigenvalue weighted by molar-refractivity contribution is 7.16. The third-order valence-corrected chi connectivity index (χ3v) is 5.52. The highest BCUT2D eigenvalue weighted by Gasteiger charge is 2.25. The molecule has 96 valence electrons. The normalized spacial score (nSPS) is 31.4. The Morgan fingerprint density at radius 3 is 2.65 bits per heavy atom. The molecule has 1 saturated carbocycles. The van der Waals surface area contributed by atoms with Gasteiger partial charge in [-0.15, -0.1) is 11.3 Å². The second-order valence-electron chi connectivity index (χ2n) is 5.49. The topological polar surface area (TPSA) is 12.0 Å². The number of hydrogen-bond acceptors (Lipinski definition) is 2. The molecule has 1 aromatic heterocycles. The first-order valence-corrected chi connectivity index (χ1v) is 7.77. The van der Waals surface area contributed by atoms with E-state index in [1.165, 1.54) is 24.1 Å². The van der Waals surface area contributed by atoms with E-state index < -0.39 is 0 Å². The average Bonchev–Trinajstić information content (AvgIpc) is 2.70. The summed E-state index contributed by atoms with van der Waals surface area (Å²) in [6, 6.07) is 5.24. The Labute approximate surface area is 114 Å². The maximum Gasteiger partial charge on any atom is 0.0931 e. The zero-order chi connectivity index (χ0) is 12.4. The summed E-state index contributed by atoms with van der Waals surface area (Å²) in [6.45, 7) is 7.00. The minimum atomic E-state index is 0.429. The fraction of sp³-hybridized carbons (Fsp3) is 0.714. The monoisotopic (exact) mass is 271 g/mol. The summed E-state index contributed by atoms with van der Waals surface area (Å²) >= 11 is 7.67. The number of nitrogens with one attached hydrogen (secondary N) is 1. The molecular formula is C14H22ClNS. The molecule has 0 bridgehead atoms. The Morgan fingerprint density at radius 2 is 2.06 bits per heavy atom. The van der Waals surface area contributed by atoms with Gasteiger partial charge >= 0.3 is 0 Å². The van der Waals surface area contributed by atoms with Crippen molar-refractivity contribution in [2.75, 3.05) is 0 Å². The molecular weight excluding hydrogens is 250 g/mol. The van der Waals surface area contributed by atoms with Crippen LogP contribution in [0.1, 0.15) is 51.0 Å². The number of thiophene rings is 1. The van der Waals surface area contributed by atoms with Gasteiger partial charge < -0.3 is 5.32 Å². The summed E-state index contributed by atoms with van der Waals surface area (Å²) in [5.74, 6) is 1.74. The van der Waals surface area contributed by atoms with E-state index in [1.807, 2.05) is 6.07 Å². The van der Waals surface area contributed by atoms with E-state index in [0.717, 1.165) is 16.2 Å². The average molecular weight is 272 g/mol. The van der Waals surface area contributed by atoms with Gasteiger partial charge in [0.2, 0.25) is 0 Å². The molecule has 0 aromatic carbocycles. The van der Waals surface area contributed by atoms with Gasteiger partial charge in [0.05, 0.1) is 4.34 Å². The van der Waals surface area contributed by atoms with Crippen molar-refractivity contribution in [2.24, 2.45) is 11.8 Å². The third kappa shape index (κ3) is 3.46. The van der Waals surface area contributed by atoms with Crippen molar-refractivity contribution in [1.82, 2.24) is 5.32 Å². The van der Waals surface area contributed by atoms with E-state index in [9.17, 15) is 0 Å². The van der Waals surface area contributed by atoms with Crippen molar-refractivity contribution >= 4 is 22.9 Å². The molecule has 1 aliphatic rings. The van der Waals surface area contributed by atoms with E-state index in [2.05, 4.69) is 32.2 Å². The van der Waals surface area contributed by atoms with Crippen LogP contribution < -0.4 is 5.32 Å². The van der Waals surface area contributed by atoms with Crippen molar-refractivity contribution < 1.29 is 0 Å². The molecule has 1 fully saturated rings. The van der Waals surface area contributed by atoms with Crippen LogP contribution >= 0.6 is 22.9 Å². The number of rotatable bonds is 3. The summed E-state index contributed by atoms with van der Waals surface area (Å²) in [5.41, 5.74) is 0. The molecule has 0 saturated heterocycles. The summed E-state index contributed by atoms with van der Waals surface area (Å²) in [5, 5.41) is 3.75. The summed E-state index contributed by atoms with van der Waals surface area (Å²) in [6.07, 6.45) is 3.98. The minimum Gasteiger partial charge on any atom is -0.307 e. The first-order chi connectivity index (χ1) is 8.06. The van der Waals surface area contributed by atoms with Gasteiger partial charge in [-0.1, -0.05) is 25.4 Å². The Balaban J connectivity index is 1.89. The molecule has 1 nitrogen and oxygen atoms in total. The van der Waals surface area contributed by atoms with E-state index in [0.29, 0.717) is 12.1 Å². The van der Waals surface area contributed by atoms with Gasteiger partial charge in [0.25, 0.3) is 0 Å². The van der Waals surface area contributed by atoms with Crippen LogP contribution in [0.4, 0.5) is 0 Å². The first kappa shape index (κ1) is 13.4. The van der Waals surface area contributed by atoms with E-state index in [4.69, 9.17) is 11.6 Å². The summed E-state index contributed by atoms with van der Waals surface area (Å²) in [7, 11) is 0.